The standard InChI is InChI=1S/C27H25F2N5O5/c1-3-33-8-6-14(7-9-33)23-16(28)10-19-17(30-23)11-20(39-19)27(25(36)31-26(37)32-27)13-34-12-15-4-5-18(38-2)22(29)21(15)24(34)35/h4-6,10-11H,3,7-9,12-13H2,1-2H3,(H2,31,32,36,37)/t27-/m1/s1. The Hall–Kier alpha value is -4.32. The van der Waals surface area contributed by atoms with E-state index >= 15 is 4.39 Å². The van der Waals surface area contributed by atoms with Gasteiger partial charge in [0, 0.05) is 31.8 Å². The van der Waals surface area contributed by atoms with Crippen LogP contribution in [0.3, 0.4) is 0 Å². The van der Waals surface area contributed by atoms with Crippen molar-refractivity contribution in [1.29, 1.82) is 0 Å². The molecular weight excluding hydrogens is 512 g/mol. The van der Waals surface area contributed by atoms with Crippen molar-refractivity contribution in [1.82, 2.24) is 25.4 Å². The molecule has 3 aliphatic rings. The van der Waals surface area contributed by atoms with Gasteiger partial charge in [-0.15, -0.1) is 0 Å². The number of ether oxygens (including phenoxy) is 1. The van der Waals surface area contributed by atoms with Gasteiger partial charge in [-0.25, -0.2) is 18.6 Å². The Bertz CT molecular complexity index is 1580. The normalized spacial score (nSPS) is 21.3. The highest BCUT2D eigenvalue weighted by atomic mass is 19.1. The van der Waals surface area contributed by atoms with Crippen molar-refractivity contribution in [2.45, 2.75) is 25.4 Å². The van der Waals surface area contributed by atoms with Crippen molar-refractivity contribution in [3.05, 3.63) is 64.6 Å². The minimum Gasteiger partial charge on any atom is -0.494 e. The lowest BCUT2D eigenvalue weighted by Crippen LogP contribution is -2.52. The average Bonchev–Trinajstić information content (AvgIpc) is 3.57. The Morgan fingerprint density at radius 2 is 2.03 bits per heavy atom. The number of benzene rings is 1. The van der Waals surface area contributed by atoms with E-state index in [4.69, 9.17) is 9.15 Å². The van der Waals surface area contributed by atoms with E-state index in [9.17, 15) is 18.8 Å². The van der Waals surface area contributed by atoms with Gasteiger partial charge in [-0.1, -0.05) is 19.1 Å². The summed E-state index contributed by atoms with van der Waals surface area (Å²) in [6.07, 6.45) is 2.58. The number of aromatic nitrogens is 1. The van der Waals surface area contributed by atoms with Gasteiger partial charge in [0.2, 0.25) is 0 Å². The van der Waals surface area contributed by atoms with Crippen LogP contribution in [0.4, 0.5) is 13.6 Å². The predicted octanol–water partition coefficient (Wildman–Crippen LogP) is 2.91. The quantitative estimate of drug-likeness (QED) is 0.465. The molecule has 3 aromatic rings. The third kappa shape index (κ3) is 3.94. The van der Waals surface area contributed by atoms with Gasteiger partial charge in [0.15, 0.2) is 28.5 Å². The van der Waals surface area contributed by atoms with Gasteiger partial charge in [-0.3, -0.25) is 19.8 Å². The van der Waals surface area contributed by atoms with Crippen LogP contribution in [0.2, 0.25) is 0 Å². The Kier molecular flexibility index (Phi) is 5.87. The smallest absolute Gasteiger partial charge is 0.322 e. The maximum Gasteiger partial charge on any atom is 0.322 e. The fraction of sp³-hybridized carbons (Fsp3) is 0.333. The van der Waals surface area contributed by atoms with Crippen molar-refractivity contribution < 1.29 is 32.3 Å². The van der Waals surface area contributed by atoms with Crippen molar-refractivity contribution in [2.75, 3.05) is 33.3 Å². The summed E-state index contributed by atoms with van der Waals surface area (Å²) in [6, 6.07) is 4.87. The fourth-order valence-electron chi connectivity index (χ4n) is 5.41. The second-order valence-corrected chi connectivity index (χ2v) is 9.78. The predicted molar refractivity (Wildman–Crippen MR) is 135 cm³/mol. The second-order valence-electron chi connectivity index (χ2n) is 9.78. The number of amides is 4. The number of pyridine rings is 1. The molecular formula is C27H25F2N5O5. The van der Waals surface area contributed by atoms with Crippen LogP contribution in [0, 0.1) is 11.6 Å². The maximum absolute atomic E-state index is 15.1. The number of imide groups is 1. The van der Waals surface area contributed by atoms with Crippen LogP contribution in [0.15, 0.2) is 34.8 Å². The van der Waals surface area contributed by atoms with Crippen molar-refractivity contribution >= 4 is 34.5 Å². The lowest BCUT2D eigenvalue weighted by Gasteiger charge is -2.28. The zero-order valence-electron chi connectivity index (χ0n) is 21.3. The van der Waals surface area contributed by atoms with E-state index in [2.05, 4.69) is 27.4 Å². The van der Waals surface area contributed by atoms with E-state index in [1.54, 1.807) is 6.07 Å². The molecule has 0 radical (unpaired) electrons. The summed E-state index contributed by atoms with van der Waals surface area (Å²) in [4.78, 5) is 46.6. The first kappa shape index (κ1) is 25.0. The molecule has 6 rings (SSSR count). The molecule has 2 N–H and O–H groups in total. The zero-order chi connectivity index (χ0) is 27.5. The molecule has 0 aliphatic carbocycles. The lowest BCUT2D eigenvalue weighted by atomic mass is 9.95. The van der Waals surface area contributed by atoms with E-state index in [-0.39, 0.29) is 41.4 Å². The molecule has 202 valence electrons. The monoisotopic (exact) mass is 537 g/mol. The molecule has 1 fully saturated rings. The summed E-state index contributed by atoms with van der Waals surface area (Å²) in [5, 5.41) is 4.75. The third-order valence-electron chi connectivity index (χ3n) is 7.57. The zero-order valence-corrected chi connectivity index (χ0v) is 21.3. The van der Waals surface area contributed by atoms with Crippen LogP contribution in [-0.4, -0.2) is 65.9 Å². The number of urea groups is 1. The number of nitrogens with one attached hydrogen (secondary N) is 2. The number of likely N-dealkylation sites (N-methyl/N-ethyl adjacent to an activating group) is 1. The van der Waals surface area contributed by atoms with E-state index in [0.717, 1.165) is 18.7 Å². The molecule has 1 atom stereocenters. The Morgan fingerprint density at radius 1 is 1.21 bits per heavy atom. The van der Waals surface area contributed by atoms with Gasteiger partial charge in [-0.05, 0) is 30.2 Å². The molecule has 1 saturated heterocycles. The van der Waals surface area contributed by atoms with Crippen LogP contribution < -0.4 is 15.4 Å². The minimum absolute atomic E-state index is 0.000167. The summed E-state index contributed by atoms with van der Waals surface area (Å²) >= 11 is 0. The highest BCUT2D eigenvalue weighted by Crippen LogP contribution is 2.37. The topological polar surface area (TPSA) is 117 Å². The molecule has 5 heterocycles. The van der Waals surface area contributed by atoms with Crippen LogP contribution in [0.5, 0.6) is 5.75 Å². The summed E-state index contributed by atoms with van der Waals surface area (Å²) in [5.74, 6) is -2.90. The van der Waals surface area contributed by atoms with Gasteiger partial charge < -0.3 is 19.4 Å². The number of halogens is 2. The minimum atomic E-state index is -1.83. The SMILES string of the molecule is CCN1CC=C(c2nc3cc([C@@]4(CN5Cc6ccc(OC)c(F)c6C5=O)NC(=O)NC4=O)oc3cc2F)CC1. The largest absolute Gasteiger partial charge is 0.494 e. The van der Waals surface area contributed by atoms with Gasteiger partial charge >= 0.3 is 6.03 Å². The number of carbonyl (C=O) groups excluding carboxylic acids is 3. The number of carbonyl (C=O) groups is 3. The first-order valence-corrected chi connectivity index (χ1v) is 12.5. The van der Waals surface area contributed by atoms with E-state index in [0.29, 0.717) is 24.0 Å². The molecule has 39 heavy (non-hydrogen) atoms. The molecule has 3 aliphatic heterocycles. The van der Waals surface area contributed by atoms with Crippen LogP contribution >= 0.6 is 0 Å². The number of methoxy groups -OCH3 is 1. The summed E-state index contributed by atoms with van der Waals surface area (Å²) in [5.41, 5.74) is -0.222. The fourth-order valence-corrected chi connectivity index (χ4v) is 5.41. The second kappa shape index (κ2) is 9.16. The van der Waals surface area contributed by atoms with Crippen LogP contribution in [0.25, 0.3) is 16.7 Å². The molecule has 2 aromatic heterocycles. The van der Waals surface area contributed by atoms with Crippen molar-refractivity contribution in [3.63, 3.8) is 0 Å². The van der Waals surface area contributed by atoms with E-state index in [1.807, 2.05) is 6.08 Å². The maximum atomic E-state index is 15.1. The van der Waals surface area contributed by atoms with Gasteiger partial charge in [0.25, 0.3) is 11.8 Å². The lowest BCUT2D eigenvalue weighted by molar-refractivity contribution is -0.125. The molecule has 1 aromatic carbocycles. The Labute approximate surface area is 221 Å². The molecule has 0 unspecified atom stereocenters. The number of furan rings is 1. The Morgan fingerprint density at radius 3 is 2.69 bits per heavy atom. The molecule has 0 spiro atoms. The van der Waals surface area contributed by atoms with Gasteiger partial charge in [0.1, 0.15) is 17.0 Å². The molecule has 0 saturated carbocycles. The first-order chi connectivity index (χ1) is 18.7. The van der Waals surface area contributed by atoms with Gasteiger partial charge in [0.05, 0.1) is 19.2 Å². The van der Waals surface area contributed by atoms with Crippen molar-refractivity contribution in [3.8, 4) is 5.75 Å². The summed E-state index contributed by atoms with van der Waals surface area (Å²) in [7, 11) is 1.30. The van der Waals surface area contributed by atoms with Crippen LogP contribution in [0.1, 0.15) is 40.7 Å². The van der Waals surface area contributed by atoms with Gasteiger partial charge in [-0.2, -0.15) is 0 Å². The number of rotatable bonds is 6. The van der Waals surface area contributed by atoms with Crippen molar-refractivity contribution in [2.24, 2.45) is 0 Å². The summed E-state index contributed by atoms with van der Waals surface area (Å²) < 4.78 is 40.9. The number of nitrogens with zero attached hydrogens (tertiary/aromatic N) is 3. The molecule has 4 amide bonds. The molecule has 0 bridgehead atoms. The van der Waals surface area contributed by atoms with Crippen LogP contribution in [-0.2, 0) is 16.9 Å². The average molecular weight is 538 g/mol. The number of hydrogen-bond acceptors (Lipinski definition) is 7. The number of fused-ring (bicyclic) bond motifs is 2. The highest BCUT2D eigenvalue weighted by molar-refractivity contribution is 6.08. The van der Waals surface area contributed by atoms with E-state index < -0.39 is 35.0 Å². The number of hydrogen-bond donors (Lipinski definition) is 2. The molecule has 10 nitrogen and oxygen atoms in total. The highest BCUT2D eigenvalue weighted by Gasteiger charge is 2.53. The third-order valence-corrected chi connectivity index (χ3v) is 7.57. The first-order valence-electron chi connectivity index (χ1n) is 12.5. The summed E-state index contributed by atoms with van der Waals surface area (Å²) in [6.45, 7) is 4.08. The Balaban J connectivity index is 1.37. The molecule has 12 heteroatoms. The van der Waals surface area contributed by atoms with E-state index in [1.165, 1.54) is 30.2 Å².